The number of aromatic carboxylic acids is 1. The van der Waals surface area contributed by atoms with E-state index in [-0.39, 0.29) is 11.5 Å². The molecule has 0 saturated carbocycles. The van der Waals surface area contributed by atoms with Gasteiger partial charge in [-0.1, -0.05) is 19.4 Å². The molecule has 2 N–H and O–H groups in total. The molecule has 0 aliphatic heterocycles. The van der Waals surface area contributed by atoms with Crippen LogP contribution in [-0.4, -0.2) is 29.7 Å². The van der Waals surface area contributed by atoms with Gasteiger partial charge in [-0.15, -0.1) is 0 Å². The summed E-state index contributed by atoms with van der Waals surface area (Å²) in [6.07, 6.45) is 1.36. The van der Waals surface area contributed by atoms with Crippen molar-refractivity contribution in [3.05, 3.63) is 29.3 Å². The third kappa shape index (κ3) is 4.66. The molecule has 0 bridgehead atoms. The Kier molecular flexibility index (Phi) is 6.18. The first-order chi connectivity index (χ1) is 9.45. The average Bonchev–Trinajstić information content (AvgIpc) is 2.41. The molecule has 20 heavy (non-hydrogen) atoms. The molecule has 0 aromatic heterocycles. The quantitative estimate of drug-likeness (QED) is 0.752. The van der Waals surface area contributed by atoms with Crippen molar-refractivity contribution in [2.45, 2.75) is 39.7 Å². The molecule has 1 aromatic carbocycles. The number of nitrogens with one attached hydrogen (secondary N) is 1. The number of carbonyl (C=O) groups excluding carboxylic acids is 1. The van der Waals surface area contributed by atoms with Gasteiger partial charge < -0.3 is 15.2 Å². The van der Waals surface area contributed by atoms with Crippen molar-refractivity contribution in [2.75, 3.05) is 11.9 Å². The third-order valence-corrected chi connectivity index (χ3v) is 2.98. The maximum absolute atomic E-state index is 12.0. The zero-order chi connectivity index (χ0) is 15.1. The first-order valence-electron chi connectivity index (χ1n) is 6.72. The summed E-state index contributed by atoms with van der Waals surface area (Å²) in [5.41, 5.74) is 1.45. The summed E-state index contributed by atoms with van der Waals surface area (Å²) in [6.45, 7) is 6.08. The van der Waals surface area contributed by atoms with Crippen molar-refractivity contribution in [2.24, 2.45) is 0 Å². The number of benzene rings is 1. The van der Waals surface area contributed by atoms with E-state index in [1.165, 1.54) is 12.1 Å². The van der Waals surface area contributed by atoms with Crippen LogP contribution in [0.1, 0.15) is 42.6 Å². The molecule has 1 amide bonds. The van der Waals surface area contributed by atoms with Crippen molar-refractivity contribution < 1.29 is 19.4 Å². The second kappa shape index (κ2) is 7.65. The molecule has 0 fully saturated rings. The van der Waals surface area contributed by atoms with Crippen molar-refractivity contribution in [3.8, 4) is 0 Å². The van der Waals surface area contributed by atoms with Crippen LogP contribution < -0.4 is 5.32 Å². The van der Waals surface area contributed by atoms with Crippen LogP contribution in [-0.2, 0) is 9.53 Å². The lowest BCUT2D eigenvalue weighted by Gasteiger charge is -2.14. The van der Waals surface area contributed by atoms with Gasteiger partial charge in [0.15, 0.2) is 0 Å². The Labute approximate surface area is 118 Å². The summed E-state index contributed by atoms with van der Waals surface area (Å²) < 4.78 is 5.41. The molecule has 0 saturated heterocycles. The highest BCUT2D eigenvalue weighted by atomic mass is 16.5. The fourth-order valence-electron chi connectivity index (χ4n) is 1.60. The molecular weight excluding hydrogens is 258 g/mol. The van der Waals surface area contributed by atoms with Crippen molar-refractivity contribution >= 4 is 17.6 Å². The molecule has 1 atom stereocenters. The number of aryl methyl sites for hydroxylation is 1. The van der Waals surface area contributed by atoms with Crippen LogP contribution >= 0.6 is 0 Å². The van der Waals surface area contributed by atoms with E-state index in [4.69, 9.17) is 9.84 Å². The van der Waals surface area contributed by atoms with Gasteiger partial charge in [-0.2, -0.15) is 0 Å². The number of rotatable bonds is 7. The number of carboxylic acid groups (broad SMARTS) is 1. The van der Waals surface area contributed by atoms with Crippen molar-refractivity contribution in [1.29, 1.82) is 0 Å². The number of anilines is 1. The number of ether oxygens (including phenoxy) is 1. The minimum atomic E-state index is -1.02. The average molecular weight is 279 g/mol. The van der Waals surface area contributed by atoms with E-state index in [0.29, 0.717) is 12.3 Å². The summed E-state index contributed by atoms with van der Waals surface area (Å²) in [5, 5.41) is 11.7. The fourth-order valence-corrected chi connectivity index (χ4v) is 1.60. The number of carboxylic acids is 1. The Balaban J connectivity index is 2.69. The number of amides is 1. The maximum atomic E-state index is 12.0. The van der Waals surface area contributed by atoms with Crippen LogP contribution in [0.3, 0.4) is 0 Å². The second-order valence-electron chi connectivity index (χ2n) is 4.69. The van der Waals surface area contributed by atoms with Gasteiger partial charge in [-0.3, -0.25) is 4.79 Å². The lowest BCUT2D eigenvalue weighted by atomic mass is 10.1. The smallest absolute Gasteiger partial charge is 0.335 e. The van der Waals surface area contributed by atoms with Crippen molar-refractivity contribution in [1.82, 2.24) is 0 Å². The van der Waals surface area contributed by atoms with Gasteiger partial charge in [0.25, 0.3) is 5.91 Å². The Hall–Kier alpha value is -1.88. The van der Waals surface area contributed by atoms with E-state index >= 15 is 0 Å². The van der Waals surface area contributed by atoms with E-state index in [2.05, 4.69) is 12.2 Å². The normalized spacial score (nSPS) is 11.9. The van der Waals surface area contributed by atoms with E-state index in [1.54, 1.807) is 13.0 Å². The number of hydrogen-bond acceptors (Lipinski definition) is 3. The SMILES string of the molecule is CCCCOC(C)C(=O)Nc1cc(C(=O)O)ccc1C. The fraction of sp³-hybridized carbons (Fsp3) is 0.467. The van der Waals surface area contributed by atoms with Gasteiger partial charge >= 0.3 is 5.97 Å². The van der Waals surface area contributed by atoms with Gasteiger partial charge in [0.2, 0.25) is 0 Å². The molecule has 1 rings (SSSR count). The van der Waals surface area contributed by atoms with Crippen LogP contribution in [0.15, 0.2) is 18.2 Å². The Morgan fingerprint density at radius 2 is 2.10 bits per heavy atom. The first-order valence-corrected chi connectivity index (χ1v) is 6.72. The van der Waals surface area contributed by atoms with Crippen LogP contribution in [0.5, 0.6) is 0 Å². The molecule has 5 nitrogen and oxygen atoms in total. The minimum absolute atomic E-state index is 0.144. The number of unbranched alkanes of at least 4 members (excludes halogenated alkanes) is 1. The standard InChI is InChI=1S/C15H21NO4/c1-4-5-8-20-11(3)14(17)16-13-9-12(15(18)19)7-6-10(13)2/h6-7,9,11H,4-5,8H2,1-3H3,(H,16,17)(H,18,19). The molecular formula is C15H21NO4. The maximum Gasteiger partial charge on any atom is 0.335 e. The first kappa shape index (κ1) is 16.2. The second-order valence-corrected chi connectivity index (χ2v) is 4.69. The highest BCUT2D eigenvalue weighted by molar-refractivity contribution is 5.96. The molecule has 110 valence electrons. The predicted octanol–water partition coefficient (Wildman–Crippen LogP) is 2.84. The zero-order valence-electron chi connectivity index (χ0n) is 12.1. The van der Waals surface area contributed by atoms with Crippen molar-refractivity contribution in [3.63, 3.8) is 0 Å². The highest BCUT2D eigenvalue weighted by Crippen LogP contribution is 2.17. The van der Waals surface area contributed by atoms with E-state index in [0.717, 1.165) is 18.4 Å². The van der Waals surface area contributed by atoms with Crippen LogP contribution in [0.25, 0.3) is 0 Å². The Bertz CT molecular complexity index is 485. The van der Waals surface area contributed by atoms with E-state index < -0.39 is 12.1 Å². The van der Waals surface area contributed by atoms with E-state index in [9.17, 15) is 9.59 Å². The van der Waals surface area contributed by atoms with Gasteiger partial charge in [-0.05, 0) is 38.0 Å². The summed E-state index contributed by atoms with van der Waals surface area (Å²) in [5.74, 6) is -1.29. The van der Waals surface area contributed by atoms with Gasteiger partial charge in [0.05, 0.1) is 5.56 Å². The van der Waals surface area contributed by atoms with Gasteiger partial charge in [0, 0.05) is 12.3 Å². The molecule has 0 heterocycles. The number of carbonyl (C=O) groups is 2. The lowest BCUT2D eigenvalue weighted by Crippen LogP contribution is -2.28. The van der Waals surface area contributed by atoms with E-state index in [1.807, 2.05) is 6.92 Å². The molecule has 0 radical (unpaired) electrons. The molecule has 1 aromatic rings. The lowest BCUT2D eigenvalue weighted by molar-refractivity contribution is -0.126. The molecule has 0 spiro atoms. The molecule has 1 unspecified atom stereocenters. The summed E-state index contributed by atoms with van der Waals surface area (Å²) >= 11 is 0. The van der Waals surface area contributed by atoms with Crippen LogP contribution in [0.4, 0.5) is 5.69 Å². The van der Waals surface area contributed by atoms with Gasteiger partial charge in [0.1, 0.15) is 6.10 Å². The third-order valence-electron chi connectivity index (χ3n) is 2.98. The zero-order valence-corrected chi connectivity index (χ0v) is 12.1. The largest absolute Gasteiger partial charge is 0.478 e. The molecule has 5 heteroatoms. The Morgan fingerprint density at radius 1 is 1.40 bits per heavy atom. The molecule has 0 aliphatic rings. The highest BCUT2D eigenvalue weighted by Gasteiger charge is 2.15. The summed E-state index contributed by atoms with van der Waals surface area (Å²) in [6, 6.07) is 4.63. The van der Waals surface area contributed by atoms with Gasteiger partial charge in [-0.25, -0.2) is 4.79 Å². The minimum Gasteiger partial charge on any atom is -0.478 e. The summed E-state index contributed by atoms with van der Waals surface area (Å²) in [7, 11) is 0. The molecule has 0 aliphatic carbocycles. The summed E-state index contributed by atoms with van der Waals surface area (Å²) in [4.78, 5) is 22.9. The predicted molar refractivity (Wildman–Crippen MR) is 77.1 cm³/mol. The monoisotopic (exact) mass is 279 g/mol. The Morgan fingerprint density at radius 3 is 2.70 bits per heavy atom. The number of hydrogen-bond donors (Lipinski definition) is 2. The topological polar surface area (TPSA) is 75.6 Å². The van der Waals surface area contributed by atoms with Crippen LogP contribution in [0.2, 0.25) is 0 Å². The van der Waals surface area contributed by atoms with Crippen LogP contribution in [0, 0.1) is 6.92 Å².